The van der Waals surface area contributed by atoms with Gasteiger partial charge in [0.15, 0.2) is 0 Å². The maximum absolute atomic E-state index is 11.6. The molecule has 1 aromatic rings. The second-order valence-electron chi connectivity index (χ2n) is 3.03. The molecule has 0 aromatic heterocycles. The molecule has 0 unspecified atom stereocenters. The minimum atomic E-state index is -3.47. The van der Waals surface area contributed by atoms with Crippen LogP contribution in [0.4, 0.5) is 0 Å². The third-order valence-corrected chi connectivity index (χ3v) is 4.22. The molecule has 90 valence electrons. The number of nitrogens with one attached hydrogen (secondary N) is 1. The summed E-state index contributed by atoms with van der Waals surface area (Å²) < 4.78 is 25.6. The molecule has 16 heavy (non-hydrogen) atoms. The van der Waals surface area contributed by atoms with Crippen LogP contribution >= 0.6 is 11.8 Å². The molecular weight excluding hydrogens is 246 g/mol. The van der Waals surface area contributed by atoms with Gasteiger partial charge in [-0.15, -0.1) is 11.8 Å². The molecule has 0 aliphatic rings. The van der Waals surface area contributed by atoms with Gasteiger partial charge in [0.2, 0.25) is 10.0 Å². The molecule has 0 saturated carbocycles. The summed E-state index contributed by atoms with van der Waals surface area (Å²) >= 11 is 1.66. The van der Waals surface area contributed by atoms with Gasteiger partial charge in [0.25, 0.3) is 0 Å². The molecule has 0 amide bonds. The Morgan fingerprint density at radius 2 is 1.94 bits per heavy atom. The van der Waals surface area contributed by atoms with E-state index in [4.69, 9.17) is 5.11 Å². The first-order valence-corrected chi connectivity index (χ1v) is 7.40. The summed E-state index contributed by atoms with van der Waals surface area (Å²) in [5, 5.41) is 8.56. The standard InChI is InChI=1S/C10H15NO3S2/c1-2-15-9-3-5-10(6-4-9)16(13,14)11-7-8-12/h3-6,11-12H,2,7-8H2,1H3. The molecule has 0 heterocycles. The molecule has 0 bridgehead atoms. The molecule has 0 spiro atoms. The number of rotatable bonds is 6. The third kappa shape index (κ3) is 3.79. The van der Waals surface area contributed by atoms with Crippen LogP contribution in [0.2, 0.25) is 0 Å². The number of sulfonamides is 1. The molecule has 6 heteroatoms. The molecule has 0 aliphatic heterocycles. The highest BCUT2D eigenvalue weighted by molar-refractivity contribution is 7.99. The first-order chi connectivity index (χ1) is 7.60. The topological polar surface area (TPSA) is 66.4 Å². The van der Waals surface area contributed by atoms with Crippen LogP contribution in [0.5, 0.6) is 0 Å². The van der Waals surface area contributed by atoms with Crippen molar-refractivity contribution in [1.29, 1.82) is 0 Å². The number of hydrogen-bond acceptors (Lipinski definition) is 4. The number of thioether (sulfide) groups is 1. The van der Waals surface area contributed by atoms with E-state index in [1.165, 1.54) is 0 Å². The van der Waals surface area contributed by atoms with Gasteiger partial charge in [-0.1, -0.05) is 6.92 Å². The summed E-state index contributed by atoms with van der Waals surface area (Å²) in [6.45, 7) is 1.87. The predicted molar refractivity (Wildman–Crippen MR) is 65.1 cm³/mol. The van der Waals surface area contributed by atoms with Crippen molar-refractivity contribution in [2.24, 2.45) is 0 Å². The van der Waals surface area contributed by atoms with Gasteiger partial charge in [-0.05, 0) is 30.0 Å². The lowest BCUT2D eigenvalue weighted by Crippen LogP contribution is -2.26. The van der Waals surface area contributed by atoms with E-state index in [0.29, 0.717) is 0 Å². The largest absolute Gasteiger partial charge is 0.395 e. The van der Waals surface area contributed by atoms with Crippen molar-refractivity contribution in [1.82, 2.24) is 4.72 Å². The smallest absolute Gasteiger partial charge is 0.240 e. The average Bonchev–Trinajstić information content (AvgIpc) is 2.28. The Labute approximate surface area is 100 Å². The second-order valence-corrected chi connectivity index (χ2v) is 6.13. The zero-order valence-electron chi connectivity index (χ0n) is 9.01. The van der Waals surface area contributed by atoms with E-state index in [2.05, 4.69) is 4.72 Å². The van der Waals surface area contributed by atoms with Crippen LogP contribution in [-0.4, -0.2) is 32.4 Å². The molecule has 0 saturated heterocycles. The summed E-state index contributed by atoms with van der Waals surface area (Å²) in [7, 11) is -3.47. The summed E-state index contributed by atoms with van der Waals surface area (Å²) in [5.41, 5.74) is 0. The van der Waals surface area contributed by atoms with E-state index in [0.717, 1.165) is 10.6 Å². The van der Waals surface area contributed by atoms with Gasteiger partial charge < -0.3 is 5.11 Å². The van der Waals surface area contributed by atoms with E-state index < -0.39 is 10.0 Å². The van der Waals surface area contributed by atoms with Crippen LogP contribution in [0.25, 0.3) is 0 Å². The van der Waals surface area contributed by atoms with Crippen LogP contribution in [0, 0.1) is 0 Å². The van der Waals surface area contributed by atoms with Crippen molar-refractivity contribution in [3.8, 4) is 0 Å². The van der Waals surface area contributed by atoms with E-state index in [9.17, 15) is 8.42 Å². The summed E-state index contributed by atoms with van der Waals surface area (Å²) in [5.74, 6) is 0.953. The normalized spacial score (nSPS) is 11.6. The molecule has 1 rings (SSSR count). The lowest BCUT2D eigenvalue weighted by molar-refractivity contribution is 0.301. The van der Waals surface area contributed by atoms with Crippen LogP contribution < -0.4 is 4.72 Å². The molecule has 2 N–H and O–H groups in total. The van der Waals surface area contributed by atoms with Crippen molar-refractivity contribution in [3.63, 3.8) is 0 Å². The van der Waals surface area contributed by atoms with E-state index in [1.54, 1.807) is 36.0 Å². The SMILES string of the molecule is CCSc1ccc(S(=O)(=O)NCCO)cc1. The van der Waals surface area contributed by atoms with Crippen molar-refractivity contribution in [2.45, 2.75) is 16.7 Å². The molecular formula is C10H15NO3S2. The van der Waals surface area contributed by atoms with Gasteiger partial charge in [0.1, 0.15) is 0 Å². The van der Waals surface area contributed by atoms with Gasteiger partial charge in [-0.25, -0.2) is 13.1 Å². The maximum Gasteiger partial charge on any atom is 0.240 e. The number of aliphatic hydroxyl groups is 1. The fourth-order valence-electron chi connectivity index (χ4n) is 1.15. The number of aliphatic hydroxyl groups excluding tert-OH is 1. The Bertz CT molecular complexity index is 414. The van der Waals surface area contributed by atoms with Crippen LogP contribution in [-0.2, 0) is 10.0 Å². The van der Waals surface area contributed by atoms with Crippen molar-refractivity contribution >= 4 is 21.8 Å². The number of benzene rings is 1. The van der Waals surface area contributed by atoms with Gasteiger partial charge in [-0.2, -0.15) is 0 Å². The third-order valence-electron chi connectivity index (χ3n) is 1.85. The van der Waals surface area contributed by atoms with E-state index in [1.807, 2.05) is 6.92 Å². The molecule has 1 aromatic carbocycles. The lowest BCUT2D eigenvalue weighted by Gasteiger charge is -2.05. The fraction of sp³-hybridized carbons (Fsp3) is 0.400. The zero-order valence-corrected chi connectivity index (χ0v) is 10.6. The lowest BCUT2D eigenvalue weighted by atomic mass is 10.4. The molecule has 0 fully saturated rings. The Hall–Kier alpha value is -0.560. The minimum absolute atomic E-state index is 0.0355. The van der Waals surface area contributed by atoms with Gasteiger partial charge >= 0.3 is 0 Å². The first-order valence-electron chi connectivity index (χ1n) is 4.93. The average molecular weight is 261 g/mol. The Balaban J connectivity index is 2.80. The second kappa shape index (κ2) is 6.24. The van der Waals surface area contributed by atoms with Gasteiger partial charge in [-0.3, -0.25) is 0 Å². The van der Waals surface area contributed by atoms with Gasteiger partial charge in [0, 0.05) is 11.4 Å². The van der Waals surface area contributed by atoms with Crippen molar-refractivity contribution in [2.75, 3.05) is 18.9 Å². The fourth-order valence-corrected chi connectivity index (χ4v) is 2.83. The van der Waals surface area contributed by atoms with Crippen LogP contribution in [0.1, 0.15) is 6.92 Å². The van der Waals surface area contributed by atoms with Crippen molar-refractivity contribution in [3.05, 3.63) is 24.3 Å². The summed E-state index contributed by atoms with van der Waals surface area (Å²) in [4.78, 5) is 1.27. The highest BCUT2D eigenvalue weighted by atomic mass is 32.2. The van der Waals surface area contributed by atoms with Crippen LogP contribution in [0.15, 0.2) is 34.1 Å². The predicted octanol–water partition coefficient (Wildman–Crippen LogP) is 1.07. The summed E-state index contributed by atoms with van der Waals surface area (Å²) in [6, 6.07) is 6.69. The number of hydrogen-bond donors (Lipinski definition) is 2. The maximum atomic E-state index is 11.6. The summed E-state index contributed by atoms with van der Waals surface area (Å²) in [6.07, 6.45) is 0. The molecule has 0 radical (unpaired) electrons. The van der Waals surface area contributed by atoms with Gasteiger partial charge in [0.05, 0.1) is 11.5 Å². The first kappa shape index (κ1) is 13.5. The Kier molecular flexibility index (Phi) is 5.27. The molecule has 4 nitrogen and oxygen atoms in total. The quantitative estimate of drug-likeness (QED) is 0.752. The van der Waals surface area contributed by atoms with E-state index in [-0.39, 0.29) is 18.0 Å². The van der Waals surface area contributed by atoms with E-state index >= 15 is 0 Å². The molecule has 0 atom stereocenters. The van der Waals surface area contributed by atoms with Crippen molar-refractivity contribution < 1.29 is 13.5 Å². The minimum Gasteiger partial charge on any atom is -0.395 e. The Morgan fingerprint density at radius 3 is 2.44 bits per heavy atom. The Morgan fingerprint density at radius 1 is 1.31 bits per heavy atom. The molecule has 0 aliphatic carbocycles. The highest BCUT2D eigenvalue weighted by Gasteiger charge is 2.12. The highest BCUT2D eigenvalue weighted by Crippen LogP contribution is 2.19. The van der Waals surface area contributed by atoms with Crippen LogP contribution in [0.3, 0.4) is 0 Å². The monoisotopic (exact) mass is 261 g/mol. The zero-order chi connectivity index (χ0) is 12.0.